The number of nitrogens with two attached hydrogens (primary N) is 1. The lowest BCUT2D eigenvalue weighted by molar-refractivity contribution is -0.136. The summed E-state index contributed by atoms with van der Waals surface area (Å²) in [6.07, 6.45) is 0.223. The monoisotopic (exact) mass is 145 g/mol. The Kier molecular flexibility index (Phi) is 2.96. The highest BCUT2D eigenvalue weighted by Gasteiger charge is 2.00. The molecular weight excluding hydrogens is 138 g/mol. The van der Waals surface area contributed by atoms with Gasteiger partial charge in [-0.05, 0) is 0 Å². The summed E-state index contributed by atoms with van der Waals surface area (Å²) in [5, 5.41) is 16.1. The number of hydrogen-bond donors (Lipinski definition) is 3. The first-order chi connectivity index (χ1) is 4.52. The Hall–Kier alpha value is -1.52. The first-order valence-corrected chi connectivity index (χ1v) is 2.43. The zero-order valence-electron chi connectivity index (χ0n) is 5.07. The third kappa shape index (κ3) is 4.63. The van der Waals surface area contributed by atoms with Crippen LogP contribution < -0.4 is 5.73 Å². The number of aliphatic carboxylic acids is 2. The lowest BCUT2D eigenvalue weighted by Gasteiger charge is -1.91. The fourth-order valence-electron chi connectivity index (χ4n) is 0.384. The minimum absolute atomic E-state index is 0.167. The van der Waals surface area contributed by atoms with E-state index in [4.69, 9.17) is 15.9 Å². The molecular formula is C5H7NO4. The van der Waals surface area contributed by atoms with Gasteiger partial charge < -0.3 is 15.9 Å². The Bertz CT molecular complexity index is 184. The fourth-order valence-corrected chi connectivity index (χ4v) is 0.384. The molecule has 5 nitrogen and oxygen atoms in total. The van der Waals surface area contributed by atoms with Crippen LogP contribution in [-0.2, 0) is 9.59 Å². The summed E-state index contributed by atoms with van der Waals surface area (Å²) >= 11 is 0. The van der Waals surface area contributed by atoms with E-state index in [0.29, 0.717) is 6.08 Å². The maximum atomic E-state index is 9.88. The van der Waals surface area contributed by atoms with E-state index in [0.717, 1.165) is 0 Å². The lowest BCUT2D eigenvalue weighted by atomic mass is 10.3. The van der Waals surface area contributed by atoms with Gasteiger partial charge in [0.15, 0.2) is 0 Å². The molecule has 0 aliphatic rings. The molecule has 0 heterocycles. The highest BCUT2D eigenvalue weighted by Crippen LogP contribution is 1.90. The standard InChI is InChI=1S/C5H7NO4/c6-3(1-4(7)8)2-5(9)10/h1H,2,6H2,(H,7,8)(H,9,10). The van der Waals surface area contributed by atoms with Crippen LogP contribution in [0.1, 0.15) is 6.42 Å². The Morgan fingerprint density at radius 2 is 1.90 bits per heavy atom. The topological polar surface area (TPSA) is 101 Å². The van der Waals surface area contributed by atoms with Crippen LogP contribution >= 0.6 is 0 Å². The number of carbonyl (C=O) groups is 2. The van der Waals surface area contributed by atoms with Crippen molar-refractivity contribution < 1.29 is 19.8 Å². The van der Waals surface area contributed by atoms with Gasteiger partial charge >= 0.3 is 11.9 Å². The molecule has 0 radical (unpaired) electrons. The highest BCUT2D eigenvalue weighted by atomic mass is 16.4. The Morgan fingerprint density at radius 1 is 1.40 bits per heavy atom. The number of carboxylic acid groups (broad SMARTS) is 2. The average Bonchev–Trinajstić information content (AvgIpc) is 1.58. The smallest absolute Gasteiger partial charge is 0.330 e. The molecule has 0 spiro atoms. The Labute approximate surface area is 56.8 Å². The van der Waals surface area contributed by atoms with Crippen molar-refractivity contribution in [3.05, 3.63) is 11.8 Å². The van der Waals surface area contributed by atoms with Gasteiger partial charge in [0, 0.05) is 11.8 Å². The van der Waals surface area contributed by atoms with Crippen molar-refractivity contribution >= 4 is 11.9 Å². The Balaban J connectivity index is 3.95. The van der Waals surface area contributed by atoms with Gasteiger partial charge in [-0.2, -0.15) is 0 Å². The van der Waals surface area contributed by atoms with Crippen LogP contribution in [0.2, 0.25) is 0 Å². The van der Waals surface area contributed by atoms with Gasteiger partial charge in [0.1, 0.15) is 0 Å². The molecule has 0 bridgehead atoms. The molecule has 10 heavy (non-hydrogen) atoms. The zero-order chi connectivity index (χ0) is 8.15. The largest absolute Gasteiger partial charge is 0.481 e. The third-order valence-corrected chi connectivity index (χ3v) is 0.664. The van der Waals surface area contributed by atoms with Gasteiger partial charge in [-0.1, -0.05) is 0 Å². The second kappa shape index (κ2) is 3.49. The quantitative estimate of drug-likeness (QED) is 0.460. The van der Waals surface area contributed by atoms with Crippen molar-refractivity contribution in [1.29, 1.82) is 0 Å². The highest BCUT2D eigenvalue weighted by molar-refractivity contribution is 5.82. The van der Waals surface area contributed by atoms with Gasteiger partial charge in [-0.25, -0.2) is 4.79 Å². The number of carboxylic acids is 2. The zero-order valence-corrected chi connectivity index (χ0v) is 5.07. The van der Waals surface area contributed by atoms with Crippen LogP contribution in [0.3, 0.4) is 0 Å². The average molecular weight is 145 g/mol. The molecule has 0 saturated carbocycles. The summed E-state index contributed by atoms with van der Waals surface area (Å²) in [6, 6.07) is 0. The maximum Gasteiger partial charge on any atom is 0.330 e. The number of rotatable bonds is 3. The minimum Gasteiger partial charge on any atom is -0.481 e. The summed E-state index contributed by atoms with van der Waals surface area (Å²) < 4.78 is 0. The summed E-state index contributed by atoms with van der Waals surface area (Å²) in [7, 11) is 0. The predicted molar refractivity (Wildman–Crippen MR) is 32.2 cm³/mol. The lowest BCUT2D eigenvalue weighted by Crippen LogP contribution is -2.07. The molecule has 0 aliphatic heterocycles. The van der Waals surface area contributed by atoms with Crippen molar-refractivity contribution in [2.45, 2.75) is 6.42 Å². The van der Waals surface area contributed by atoms with Crippen LogP contribution in [-0.4, -0.2) is 22.2 Å². The van der Waals surface area contributed by atoms with Crippen molar-refractivity contribution in [1.82, 2.24) is 0 Å². The molecule has 0 aliphatic carbocycles. The van der Waals surface area contributed by atoms with E-state index in [9.17, 15) is 9.59 Å². The molecule has 0 aromatic rings. The SMILES string of the molecule is NC(=CC(=O)O)CC(=O)O. The van der Waals surface area contributed by atoms with E-state index in [-0.39, 0.29) is 5.70 Å². The molecule has 5 heteroatoms. The van der Waals surface area contributed by atoms with Crippen LogP contribution in [0.15, 0.2) is 11.8 Å². The molecule has 0 rings (SSSR count). The van der Waals surface area contributed by atoms with E-state index in [2.05, 4.69) is 0 Å². The van der Waals surface area contributed by atoms with Crippen molar-refractivity contribution in [2.75, 3.05) is 0 Å². The third-order valence-electron chi connectivity index (χ3n) is 0.664. The predicted octanol–water partition coefficient (Wildman–Crippen LogP) is -0.612. The summed E-state index contributed by atoms with van der Waals surface area (Å²) in [6.45, 7) is 0. The van der Waals surface area contributed by atoms with Crippen molar-refractivity contribution in [3.63, 3.8) is 0 Å². The molecule has 0 unspecified atom stereocenters. The second-order valence-corrected chi connectivity index (χ2v) is 1.63. The first kappa shape index (κ1) is 8.48. The summed E-state index contributed by atoms with van der Waals surface area (Å²) in [5.74, 6) is -2.38. The summed E-state index contributed by atoms with van der Waals surface area (Å²) in [4.78, 5) is 19.7. The normalized spacial score (nSPS) is 11.0. The van der Waals surface area contributed by atoms with Gasteiger partial charge in [-0.15, -0.1) is 0 Å². The summed E-state index contributed by atoms with van der Waals surface area (Å²) in [5.41, 5.74) is 4.81. The van der Waals surface area contributed by atoms with E-state index in [1.807, 2.05) is 0 Å². The first-order valence-electron chi connectivity index (χ1n) is 2.43. The number of hydrogen-bond acceptors (Lipinski definition) is 3. The van der Waals surface area contributed by atoms with Gasteiger partial charge in [0.2, 0.25) is 0 Å². The van der Waals surface area contributed by atoms with E-state index >= 15 is 0 Å². The van der Waals surface area contributed by atoms with Gasteiger partial charge in [-0.3, -0.25) is 4.79 Å². The van der Waals surface area contributed by atoms with Gasteiger partial charge in [0.05, 0.1) is 6.42 Å². The Morgan fingerprint density at radius 3 is 2.20 bits per heavy atom. The van der Waals surface area contributed by atoms with Crippen molar-refractivity contribution in [2.24, 2.45) is 5.73 Å². The molecule has 0 amide bonds. The molecule has 0 atom stereocenters. The van der Waals surface area contributed by atoms with Gasteiger partial charge in [0.25, 0.3) is 0 Å². The van der Waals surface area contributed by atoms with Crippen molar-refractivity contribution in [3.8, 4) is 0 Å². The minimum atomic E-state index is -1.24. The molecule has 0 aromatic carbocycles. The molecule has 0 saturated heterocycles. The van der Waals surface area contributed by atoms with Crippen LogP contribution in [0.4, 0.5) is 0 Å². The van der Waals surface area contributed by atoms with Crippen LogP contribution in [0, 0.1) is 0 Å². The second-order valence-electron chi connectivity index (χ2n) is 1.63. The van der Waals surface area contributed by atoms with E-state index in [1.54, 1.807) is 0 Å². The van der Waals surface area contributed by atoms with E-state index in [1.165, 1.54) is 0 Å². The maximum absolute atomic E-state index is 9.88. The van der Waals surface area contributed by atoms with E-state index < -0.39 is 18.4 Å². The molecule has 0 aromatic heterocycles. The molecule has 56 valence electrons. The molecule has 0 fully saturated rings. The van der Waals surface area contributed by atoms with Crippen LogP contribution in [0.25, 0.3) is 0 Å². The molecule has 4 N–H and O–H groups in total. The fraction of sp³-hybridized carbons (Fsp3) is 0.200. The van der Waals surface area contributed by atoms with Crippen LogP contribution in [0.5, 0.6) is 0 Å².